The van der Waals surface area contributed by atoms with Crippen molar-refractivity contribution >= 4 is 11.4 Å². The van der Waals surface area contributed by atoms with Gasteiger partial charge in [0.25, 0.3) is 0 Å². The molecule has 2 aromatic heterocycles. The van der Waals surface area contributed by atoms with Crippen molar-refractivity contribution in [3.05, 3.63) is 77.9 Å². The number of Topliss-reactive ketones (excluding diaryl/α,β-unsaturated/α-hetero) is 1. The highest BCUT2D eigenvalue weighted by Crippen LogP contribution is 2.39. The highest BCUT2D eigenvalue weighted by Gasteiger charge is 2.28. The fraction of sp³-hybridized carbons (Fsp3) is 0.240. The number of carbonyl (C=O) groups excluding carboxylic acids is 1. The molecule has 5 rings (SSSR count). The van der Waals surface area contributed by atoms with Crippen LogP contribution in [0.5, 0.6) is 0 Å². The molecule has 3 nitrogen and oxygen atoms in total. The van der Waals surface area contributed by atoms with E-state index in [4.69, 9.17) is 0 Å². The molecule has 0 unspecified atom stereocenters. The van der Waals surface area contributed by atoms with E-state index in [-0.39, 0.29) is 11.6 Å². The lowest BCUT2D eigenvalue weighted by Gasteiger charge is -2.09. The average Bonchev–Trinajstić information content (AvgIpc) is 3.17. The number of benzene rings is 2. The minimum atomic E-state index is -0.239. The van der Waals surface area contributed by atoms with Crippen LogP contribution in [0.4, 0.5) is 4.39 Å². The fourth-order valence-electron chi connectivity index (χ4n) is 4.59. The number of aromatic nitrogens is 2. The molecule has 0 radical (unpaired) electrons. The largest absolute Gasteiger partial charge is 0.325 e. The first-order chi connectivity index (χ1) is 14.2. The number of rotatable bonds is 4. The van der Waals surface area contributed by atoms with Gasteiger partial charge in [0, 0.05) is 30.3 Å². The van der Waals surface area contributed by atoms with Gasteiger partial charge in [-0.2, -0.15) is 0 Å². The third kappa shape index (κ3) is 2.82. The van der Waals surface area contributed by atoms with Crippen molar-refractivity contribution in [2.24, 2.45) is 0 Å². The van der Waals surface area contributed by atoms with E-state index in [0.29, 0.717) is 6.42 Å². The Balaban J connectivity index is 1.86. The summed E-state index contributed by atoms with van der Waals surface area (Å²) in [7, 11) is 0. The lowest BCUT2D eigenvalue weighted by atomic mass is 9.96. The van der Waals surface area contributed by atoms with Gasteiger partial charge in [0.05, 0.1) is 11.4 Å². The van der Waals surface area contributed by atoms with Crippen LogP contribution in [-0.4, -0.2) is 14.8 Å². The number of imidazole rings is 1. The Morgan fingerprint density at radius 1 is 1.00 bits per heavy atom. The Kier molecular flexibility index (Phi) is 4.35. The molecular weight excluding hydrogens is 363 g/mol. The van der Waals surface area contributed by atoms with Gasteiger partial charge < -0.3 is 4.57 Å². The monoisotopic (exact) mass is 386 g/mol. The van der Waals surface area contributed by atoms with E-state index in [1.807, 2.05) is 37.3 Å². The Labute approximate surface area is 169 Å². The van der Waals surface area contributed by atoms with Gasteiger partial charge in [-0.25, -0.2) is 4.39 Å². The average molecular weight is 386 g/mol. The molecule has 0 aliphatic carbocycles. The predicted molar refractivity (Wildman–Crippen MR) is 114 cm³/mol. The molecule has 1 aliphatic heterocycles. The quantitative estimate of drug-likeness (QED) is 0.387. The summed E-state index contributed by atoms with van der Waals surface area (Å²) >= 11 is 0. The van der Waals surface area contributed by atoms with Crippen LogP contribution in [0.2, 0.25) is 0 Å². The highest BCUT2D eigenvalue weighted by molar-refractivity contribution is 6.04. The summed E-state index contributed by atoms with van der Waals surface area (Å²) in [5.41, 5.74) is 7.31. The number of ketones is 1. The van der Waals surface area contributed by atoms with Gasteiger partial charge in [-0.1, -0.05) is 37.3 Å². The van der Waals surface area contributed by atoms with Crippen LogP contribution in [0, 0.1) is 5.82 Å². The molecule has 4 aromatic rings. The van der Waals surface area contributed by atoms with Crippen molar-refractivity contribution < 1.29 is 9.18 Å². The molecule has 146 valence electrons. The van der Waals surface area contributed by atoms with E-state index < -0.39 is 0 Å². The van der Waals surface area contributed by atoms with Crippen LogP contribution < -0.4 is 0 Å². The molecule has 2 aromatic carbocycles. The van der Waals surface area contributed by atoms with Crippen LogP contribution in [0.15, 0.2) is 60.8 Å². The standard InChI is InChI=1S/C25H23FN2O/c1-2-22(29)24-23(18-8-4-3-5-9-18)20-10-6-7-15-27-21(16-28(24)25(20)27)17-11-13-19(26)14-12-17/h3-5,8-9,11-14,16H,2,6-7,10,15H2,1H3. The van der Waals surface area contributed by atoms with Crippen LogP contribution in [-0.2, 0) is 13.0 Å². The van der Waals surface area contributed by atoms with Gasteiger partial charge in [-0.05, 0) is 54.7 Å². The molecule has 1 aliphatic rings. The Morgan fingerprint density at radius 2 is 1.76 bits per heavy atom. The zero-order valence-corrected chi connectivity index (χ0v) is 16.5. The van der Waals surface area contributed by atoms with Crippen LogP contribution >= 0.6 is 0 Å². The van der Waals surface area contributed by atoms with Gasteiger partial charge in [-0.15, -0.1) is 0 Å². The summed E-state index contributed by atoms with van der Waals surface area (Å²) in [4.78, 5) is 13.1. The zero-order valence-electron chi connectivity index (χ0n) is 16.5. The molecule has 3 heterocycles. The van der Waals surface area contributed by atoms with Gasteiger partial charge in [-0.3, -0.25) is 9.20 Å². The van der Waals surface area contributed by atoms with E-state index in [1.165, 1.54) is 17.7 Å². The third-order valence-corrected chi connectivity index (χ3v) is 5.92. The highest BCUT2D eigenvalue weighted by atomic mass is 19.1. The molecule has 0 saturated heterocycles. The first kappa shape index (κ1) is 17.9. The number of hydrogen-bond acceptors (Lipinski definition) is 1. The number of carbonyl (C=O) groups is 1. The summed E-state index contributed by atoms with van der Waals surface area (Å²) < 4.78 is 17.9. The van der Waals surface area contributed by atoms with E-state index in [9.17, 15) is 9.18 Å². The minimum Gasteiger partial charge on any atom is -0.325 e. The Bertz CT molecular complexity index is 1200. The summed E-state index contributed by atoms with van der Waals surface area (Å²) in [6, 6.07) is 16.9. The van der Waals surface area contributed by atoms with Crippen LogP contribution in [0.1, 0.15) is 42.2 Å². The van der Waals surface area contributed by atoms with E-state index in [2.05, 4.69) is 27.3 Å². The molecule has 29 heavy (non-hydrogen) atoms. The molecule has 0 fully saturated rings. The smallest absolute Gasteiger partial charge is 0.179 e. The Hall–Kier alpha value is -3.14. The van der Waals surface area contributed by atoms with Gasteiger partial charge >= 0.3 is 0 Å². The maximum absolute atomic E-state index is 13.5. The molecule has 0 atom stereocenters. The number of nitrogens with zero attached hydrogens (tertiary/aromatic N) is 2. The van der Waals surface area contributed by atoms with Gasteiger partial charge in [0.2, 0.25) is 0 Å². The van der Waals surface area contributed by atoms with Crippen molar-refractivity contribution in [2.75, 3.05) is 0 Å². The minimum absolute atomic E-state index is 0.147. The number of halogens is 1. The van der Waals surface area contributed by atoms with Crippen molar-refractivity contribution in [3.63, 3.8) is 0 Å². The lowest BCUT2D eigenvalue weighted by Crippen LogP contribution is -2.03. The number of hydrogen-bond donors (Lipinski definition) is 0. The maximum atomic E-state index is 13.5. The SMILES string of the molecule is CCC(=O)c1c(-c2ccccc2)c2c3n(c(-c4ccc(F)cc4)cn13)CCCC2. The first-order valence-electron chi connectivity index (χ1n) is 10.3. The van der Waals surface area contributed by atoms with E-state index >= 15 is 0 Å². The predicted octanol–water partition coefficient (Wildman–Crippen LogP) is 6.14. The second kappa shape index (κ2) is 7.03. The lowest BCUT2D eigenvalue weighted by molar-refractivity contribution is 0.0983. The third-order valence-electron chi connectivity index (χ3n) is 5.92. The number of aryl methyl sites for hydroxylation is 2. The van der Waals surface area contributed by atoms with Crippen molar-refractivity contribution in [1.82, 2.24) is 8.97 Å². The molecule has 0 spiro atoms. The molecular formula is C25H23FN2O. The van der Waals surface area contributed by atoms with Crippen LogP contribution in [0.3, 0.4) is 0 Å². The van der Waals surface area contributed by atoms with Gasteiger partial charge in [0.1, 0.15) is 11.5 Å². The maximum Gasteiger partial charge on any atom is 0.179 e. The molecule has 0 amide bonds. The van der Waals surface area contributed by atoms with Crippen LogP contribution in [0.25, 0.3) is 28.0 Å². The van der Waals surface area contributed by atoms with Crippen molar-refractivity contribution in [1.29, 1.82) is 0 Å². The summed E-state index contributed by atoms with van der Waals surface area (Å²) in [6.45, 7) is 2.81. The van der Waals surface area contributed by atoms with Crippen molar-refractivity contribution in [3.8, 4) is 22.4 Å². The summed E-state index contributed by atoms with van der Waals surface area (Å²) in [5.74, 6) is -0.0924. The second-order valence-corrected chi connectivity index (χ2v) is 7.67. The topological polar surface area (TPSA) is 26.4 Å². The van der Waals surface area contributed by atoms with E-state index in [0.717, 1.165) is 59.5 Å². The van der Waals surface area contributed by atoms with E-state index in [1.54, 1.807) is 0 Å². The first-order valence-corrected chi connectivity index (χ1v) is 10.3. The zero-order chi connectivity index (χ0) is 20.0. The Morgan fingerprint density at radius 3 is 2.48 bits per heavy atom. The van der Waals surface area contributed by atoms with Gasteiger partial charge in [0.15, 0.2) is 5.78 Å². The fourth-order valence-corrected chi connectivity index (χ4v) is 4.59. The normalized spacial score (nSPS) is 13.6. The summed E-state index contributed by atoms with van der Waals surface area (Å²) in [5, 5.41) is 0. The molecule has 0 bridgehead atoms. The second-order valence-electron chi connectivity index (χ2n) is 7.67. The molecule has 0 saturated carbocycles. The summed E-state index contributed by atoms with van der Waals surface area (Å²) in [6.07, 6.45) is 5.65. The van der Waals surface area contributed by atoms with Crippen molar-refractivity contribution in [2.45, 2.75) is 39.2 Å². The molecule has 4 heteroatoms. The molecule has 0 N–H and O–H groups in total.